The van der Waals surface area contributed by atoms with Crippen LogP contribution in [-0.4, -0.2) is 76.6 Å². The maximum atomic E-state index is 11.5. The van der Waals surface area contributed by atoms with Crippen LogP contribution in [0.25, 0.3) is 0 Å². The summed E-state index contributed by atoms with van der Waals surface area (Å²) in [5.74, 6) is -3.51. The molecule has 32 heavy (non-hydrogen) atoms. The van der Waals surface area contributed by atoms with E-state index >= 15 is 0 Å². The van der Waals surface area contributed by atoms with Crippen molar-refractivity contribution < 1.29 is 52.3 Å². The van der Waals surface area contributed by atoms with Crippen LogP contribution in [0.15, 0.2) is 24.3 Å². The summed E-state index contributed by atoms with van der Waals surface area (Å²) in [7, 11) is 0. The van der Waals surface area contributed by atoms with Crippen molar-refractivity contribution in [3.05, 3.63) is 24.3 Å². The fourth-order valence-electron chi connectivity index (χ4n) is 3.76. The molecule has 0 bridgehead atoms. The molecule has 0 spiro atoms. The summed E-state index contributed by atoms with van der Waals surface area (Å²) in [6.07, 6.45) is -4.84. The summed E-state index contributed by atoms with van der Waals surface area (Å²) in [5, 5.41) is 26.0. The second kappa shape index (κ2) is 9.23. The van der Waals surface area contributed by atoms with E-state index in [2.05, 4.69) is 0 Å². The normalized spacial score (nSPS) is 24.2. The van der Waals surface area contributed by atoms with E-state index in [1.165, 1.54) is 0 Å². The molecule has 1 heterocycles. The minimum atomic E-state index is -5.08. The number of fused-ring (bicyclic) bond motifs is 1. The van der Waals surface area contributed by atoms with Gasteiger partial charge in [-0.1, -0.05) is 12.1 Å². The Morgan fingerprint density at radius 3 is 1.91 bits per heavy atom. The van der Waals surface area contributed by atoms with E-state index in [0.717, 1.165) is 0 Å². The number of aliphatic carboxylic acids is 3. The summed E-state index contributed by atoms with van der Waals surface area (Å²) >= 11 is 0. The first-order valence-electron chi connectivity index (χ1n) is 9.63. The van der Waals surface area contributed by atoms with Crippen molar-refractivity contribution in [2.24, 2.45) is 10.8 Å². The third-order valence-corrected chi connectivity index (χ3v) is 5.32. The predicted molar refractivity (Wildman–Crippen MR) is 103 cm³/mol. The molecule has 0 aromatic heterocycles. The molecule has 0 unspecified atom stereocenters. The summed E-state index contributed by atoms with van der Waals surface area (Å²) in [4.78, 5) is 33.8. The number of hydrogen-bond acceptors (Lipinski definition) is 6. The number of alkyl halides is 3. The Bertz CT molecular complexity index is 847. The average molecular weight is 463 g/mol. The number of carboxylic acid groups (broad SMARTS) is 3. The lowest BCUT2D eigenvalue weighted by Crippen LogP contribution is -2.32. The number of carbonyl (C=O) groups is 3. The molecule has 1 aromatic rings. The standard InChI is InChI=1S/C18H23NO6.C2HF3O2/c1-12(2)25-14-6-4-3-5-13(14)24-8-7-19-10-17(15(20)21)9-18(17,11-19)16(22)23;3-2(4,5)1(6)7/h3-6,12H,7-11H2,1-2H3,(H,20,21)(H,22,23);(H,6,7)/t17-,18+;. The van der Waals surface area contributed by atoms with Gasteiger partial charge in [0, 0.05) is 19.6 Å². The highest BCUT2D eigenvalue weighted by molar-refractivity contribution is 5.94. The number of rotatable bonds is 8. The van der Waals surface area contributed by atoms with E-state index in [4.69, 9.17) is 19.4 Å². The van der Waals surface area contributed by atoms with E-state index in [1.54, 1.807) is 0 Å². The van der Waals surface area contributed by atoms with Gasteiger partial charge in [-0.25, -0.2) is 4.79 Å². The van der Waals surface area contributed by atoms with E-state index < -0.39 is 34.9 Å². The average Bonchev–Trinajstić information content (AvgIpc) is 3.21. The number of ether oxygens (including phenoxy) is 2. The second-order valence-electron chi connectivity index (χ2n) is 7.93. The smallest absolute Gasteiger partial charge is 0.488 e. The lowest BCUT2D eigenvalue weighted by Gasteiger charge is -2.20. The highest BCUT2D eigenvalue weighted by Gasteiger charge is 2.80. The maximum absolute atomic E-state index is 11.5. The zero-order valence-corrected chi connectivity index (χ0v) is 17.4. The van der Waals surface area contributed by atoms with Crippen molar-refractivity contribution >= 4 is 17.9 Å². The first-order chi connectivity index (χ1) is 14.7. The Hall–Kier alpha value is -3.02. The van der Waals surface area contributed by atoms with Crippen LogP contribution in [0.3, 0.4) is 0 Å². The predicted octanol–water partition coefficient (Wildman–Crippen LogP) is 2.35. The Morgan fingerprint density at radius 2 is 1.50 bits per heavy atom. The maximum Gasteiger partial charge on any atom is 0.490 e. The zero-order chi connectivity index (χ0) is 24.3. The molecule has 12 heteroatoms. The minimum absolute atomic E-state index is 0.0290. The molecular weight excluding hydrogens is 439 g/mol. The Labute approximate surface area is 181 Å². The fourth-order valence-corrected chi connectivity index (χ4v) is 3.76. The molecule has 9 nitrogen and oxygen atoms in total. The number of benzene rings is 1. The number of likely N-dealkylation sites (tertiary alicyclic amines) is 1. The van der Waals surface area contributed by atoms with Crippen molar-refractivity contribution in [1.82, 2.24) is 4.90 Å². The summed E-state index contributed by atoms with van der Waals surface area (Å²) in [6.45, 7) is 5.18. The monoisotopic (exact) mass is 463 g/mol. The third kappa shape index (κ3) is 5.23. The zero-order valence-electron chi connectivity index (χ0n) is 17.4. The summed E-state index contributed by atoms with van der Waals surface area (Å²) < 4.78 is 43.2. The first kappa shape index (κ1) is 25.2. The minimum Gasteiger partial charge on any atom is -0.488 e. The van der Waals surface area contributed by atoms with Gasteiger partial charge in [0.05, 0.1) is 16.9 Å². The number of halogens is 3. The molecule has 1 aromatic carbocycles. The highest BCUT2D eigenvalue weighted by Crippen LogP contribution is 2.68. The van der Waals surface area contributed by atoms with Gasteiger partial charge in [-0.05, 0) is 32.4 Å². The van der Waals surface area contributed by atoms with Crippen molar-refractivity contribution in [1.29, 1.82) is 0 Å². The molecular formula is C20H24F3NO8. The van der Waals surface area contributed by atoms with Gasteiger partial charge in [-0.2, -0.15) is 13.2 Å². The van der Waals surface area contributed by atoms with E-state index in [9.17, 15) is 33.0 Å². The van der Waals surface area contributed by atoms with Crippen molar-refractivity contribution in [3.63, 3.8) is 0 Å². The van der Waals surface area contributed by atoms with Crippen LogP contribution in [0.2, 0.25) is 0 Å². The molecule has 1 saturated heterocycles. The molecule has 1 aliphatic carbocycles. The van der Waals surface area contributed by atoms with Crippen molar-refractivity contribution in [2.45, 2.75) is 32.5 Å². The van der Waals surface area contributed by atoms with Gasteiger partial charge in [0.2, 0.25) is 0 Å². The van der Waals surface area contributed by atoms with E-state index in [0.29, 0.717) is 24.7 Å². The largest absolute Gasteiger partial charge is 0.490 e. The van der Waals surface area contributed by atoms with Gasteiger partial charge < -0.3 is 24.8 Å². The highest BCUT2D eigenvalue weighted by atomic mass is 19.4. The van der Waals surface area contributed by atoms with Gasteiger partial charge >= 0.3 is 24.1 Å². The van der Waals surface area contributed by atoms with E-state index in [-0.39, 0.29) is 25.6 Å². The Morgan fingerprint density at radius 1 is 1.03 bits per heavy atom. The van der Waals surface area contributed by atoms with Gasteiger partial charge in [0.1, 0.15) is 6.61 Å². The van der Waals surface area contributed by atoms with Crippen LogP contribution in [0.5, 0.6) is 11.5 Å². The molecule has 0 radical (unpaired) electrons. The van der Waals surface area contributed by atoms with Gasteiger partial charge in [-0.15, -0.1) is 0 Å². The molecule has 2 aliphatic rings. The van der Waals surface area contributed by atoms with Crippen LogP contribution in [0, 0.1) is 10.8 Å². The van der Waals surface area contributed by atoms with Crippen LogP contribution >= 0.6 is 0 Å². The summed E-state index contributed by atoms with van der Waals surface area (Å²) in [6, 6.07) is 7.37. The van der Waals surface area contributed by atoms with E-state index in [1.807, 2.05) is 43.0 Å². The van der Waals surface area contributed by atoms with Crippen molar-refractivity contribution in [3.8, 4) is 11.5 Å². The number of piperidine rings is 1. The Balaban J connectivity index is 0.000000451. The number of nitrogens with zero attached hydrogens (tertiary/aromatic N) is 1. The lowest BCUT2D eigenvalue weighted by atomic mass is 9.97. The topological polar surface area (TPSA) is 134 Å². The quantitative estimate of drug-likeness (QED) is 0.531. The molecule has 0 amide bonds. The van der Waals surface area contributed by atoms with Crippen LogP contribution in [0.1, 0.15) is 20.3 Å². The molecule has 3 rings (SSSR count). The number of hydrogen-bond donors (Lipinski definition) is 3. The first-order valence-corrected chi connectivity index (χ1v) is 9.63. The second-order valence-corrected chi connectivity index (χ2v) is 7.93. The van der Waals surface area contributed by atoms with Crippen LogP contribution in [0.4, 0.5) is 13.2 Å². The van der Waals surface area contributed by atoms with Crippen molar-refractivity contribution in [2.75, 3.05) is 26.2 Å². The summed E-state index contributed by atoms with van der Waals surface area (Å²) in [5.41, 5.74) is -2.28. The molecule has 1 saturated carbocycles. The van der Waals surface area contributed by atoms with Crippen LogP contribution < -0.4 is 9.47 Å². The fraction of sp³-hybridized carbons (Fsp3) is 0.550. The van der Waals surface area contributed by atoms with Gasteiger partial charge in [-0.3, -0.25) is 14.5 Å². The molecule has 3 N–H and O–H groups in total. The van der Waals surface area contributed by atoms with Gasteiger partial charge in [0.25, 0.3) is 0 Å². The SMILES string of the molecule is CC(C)Oc1ccccc1OCCN1C[C@@]2(C(=O)O)C[C@@]2(C(=O)O)C1.O=C(O)C(F)(F)F. The molecule has 1 aliphatic heterocycles. The number of para-hydroxylation sites is 2. The Kier molecular flexibility index (Phi) is 7.28. The van der Waals surface area contributed by atoms with Gasteiger partial charge in [0.15, 0.2) is 11.5 Å². The molecule has 178 valence electrons. The van der Waals surface area contributed by atoms with Crippen LogP contribution in [-0.2, 0) is 14.4 Å². The molecule has 2 atom stereocenters. The lowest BCUT2D eigenvalue weighted by molar-refractivity contribution is -0.192. The molecule has 2 fully saturated rings. The third-order valence-electron chi connectivity index (χ3n) is 5.32. The number of carboxylic acids is 3.